The molecule has 1 N–H and O–H groups in total. The van der Waals surface area contributed by atoms with Crippen molar-refractivity contribution in [1.29, 1.82) is 0 Å². The van der Waals surface area contributed by atoms with Crippen LogP contribution in [0.5, 0.6) is 5.75 Å². The van der Waals surface area contributed by atoms with Gasteiger partial charge in [-0.05, 0) is 67.3 Å². The minimum absolute atomic E-state index is 0.0274. The van der Waals surface area contributed by atoms with Crippen molar-refractivity contribution in [3.8, 4) is 5.75 Å². The van der Waals surface area contributed by atoms with Crippen LogP contribution in [0.15, 0.2) is 60.8 Å². The van der Waals surface area contributed by atoms with E-state index in [4.69, 9.17) is 16.3 Å². The molecular weight excluding hydrogens is 422 g/mol. The normalized spacial score (nSPS) is 11.4. The molecule has 0 aliphatic heterocycles. The van der Waals surface area contributed by atoms with Crippen molar-refractivity contribution in [2.45, 2.75) is 46.1 Å². The fourth-order valence-corrected chi connectivity index (χ4v) is 3.68. The number of carbonyl (C=O) groups is 1. The molecule has 0 radical (unpaired) electrons. The SMILES string of the molecule is COc1ccc(C(=O)Nc2ccc(C(C)(C)C)cc2)cc1N(c1ncccc1Cl)C(C)C. The molecule has 0 fully saturated rings. The van der Waals surface area contributed by atoms with Crippen molar-refractivity contribution in [1.82, 2.24) is 4.98 Å². The lowest BCUT2D eigenvalue weighted by Gasteiger charge is -2.30. The molecule has 1 amide bonds. The van der Waals surface area contributed by atoms with Gasteiger partial charge in [0.2, 0.25) is 0 Å². The van der Waals surface area contributed by atoms with Crippen molar-refractivity contribution in [2.24, 2.45) is 0 Å². The highest BCUT2D eigenvalue weighted by Gasteiger charge is 2.22. The molecule has 0 unspecified atom stereocenters. The Labute approximate surface area is 195 Å². The zero-order valence-electron chi connectivity index (χ0n) is 19.4. The second-order valence-electron chi connectivity index (χ2n) is 8.94. The fourth-order valence-electron chi connectivity index (χ4n) is 3.47. The Kier molecular flexibility index (Phi) is 7.09. The van der Waals surface area contributed by atoms with E-state index in [0.717, 1.165) is 11.4 Å². The zero-order chi connectivity index (χ0) is 23.5. The van der Waals surface area contributed by atoms with E-state index in [9.17, 15) is 4.79 Å². The van der Waals surface area contributed by atoms with Crippen molar-refractivity contribution < 1.29 is 9.53 Å². The summed E-state index contributed by atoms with van der Waals surface area (Å²) in [6, 6.07) is 16.9. The molecule has 0 saturated heterocycles. The monoisotopic (exact) mass is 451 g/mol. The number of halogens is 1. The second-order valence-corrected chi connectivity index (χ2v) is 9.35. The van der Waals surface area contributed by atoms with Gasteiger partial charge in [0.25, 0.3) is 5.91 Å². The summed E-state index contributed by atoms with van der Waals surface area (Å²) in [4.78, 5) is 19.5. The lowest BCUT2D eigenvalue weighted by atomic mass is 9.87. The van der Waals surface area contributed by atoms with Gasteiger partial charge in [0.1, 0.15) is 5.75 Å². The van der Waals surface area contributed by atoms with Gasteiger partial charge in [0.15, 0.2) is 5.82 Å². The lowest BCUT2D eigenvalue weighted by molar-refractivity contribution is 0.102. The van der Waals surface area contributed by atoms with Crippen molar-refractivity contribution in [3.05, 3.63) is 76.9 Å². The number of hydrogen-bond acceptors (Lipinski definition) is 4. The fraction of sp³-hybridized carbons (Fsp3) is 0.308. The van der Waals surface area contributed by atoms with Gasteiger partial charge in [0, 0.05) is 23.5 Å². The number of aromatic nitrogens is 1. The summed E-state index contributed by atoms with van der Waals surface area (Å²) in [7, 11) is 1.61. The van der Waals surface area contributed by atoms with Crippen molar-refractivity contribution >= 4 is 34.7 Å². The van der Waals surface area contributed by atoms with E-state index in [1.54, 1.807) is 37.6 Å². The van der Waals surface area contributed by atoms with Crippen LogP contribution >= 0.6 is 11.6 Å². The minimum Gasteiger partial charge on any atom is -0.495 e. The van der Waals surface area contributed by atoms with E-state index in [1.165, 1.54) is 5.56 Å². The summed E-state index contributed by atoms with van der Waals surface area (Å²) in [6.45, 7) is 10.6. The first-order valence-corrected chi connectivity index (χ1v) is 11.0. The van der Waals surface area contributed by atoms with E-state index < -0.39 is 0 Å². The average Bonchev–Trinajstić information content (AvgIpc) is 2.74. The first kappa shape index (κ1) is 23.6. The molecule has 3 aromatic rings. The smallest absolute Gasteiger partial charge is 0.255 e. The van der Waals surface area contributed by atoms with Gasteiger partial charge in [-0.2, -0.15) is 0 Å². The number of nitrogens with zero attached hydrogens (tertiary/aromatic N) is 2. The number of carbonyl (C=O) groups excluding carboxylic acids is 1. The average molecular weight is 452 g/mol. The molecular formula is C26H30ClN3O2. The van der Waals surface area contributed by atoms with E-state index in [1.807, 2.05) is 49.1 Å². The molecule has 6 heteroatoms. The number of nitrogens with one attached hydrogen (secondary N) is 1. The standard InChI is InChI=1S/C26H30ClN3O2/c1-17(2)30(24-21(27)8-7-15-28-24)22-16-18(9-14-23(22)32-6)25(31)29-20-12-10-19(11-13-20)26(3,4)5/h7-17H,1-6H3,(H,29,31). The molecule has 0 bridgehead atoms. The summed E-state index contributed by atoms with van der Waals surface area (Å²) in [5, 5.41) is 3.51. The Bertz CT molecular complexity index is 1090. The summed E-state index contributed by atoms with van der Waals surface area (Å²) in [5.41, 5.74) is 3.24. The maximum absolute atomic E-state index is 13.0. The molecule has 168 valence electrons. The highest BCUT2D eigenvalue weighted by Crippen LogP contribution is 2.38. The van der Waals surface area contributed by atoms with Gasteiger partial charge in [-0.15, -0.1) is 0 Å². The molecule has 1 heterocycles. The third-order valence-electron chi connectivity index (χ3n) is 5.19. The van der Waals surface area contributed by atoms with Gasteiger partial charge < -0.3 is 15.0 Å². The number of amides is 1. The molecule has 0 aliphatic rings. The van der Waals surface area contributed by atoms with Gasteiger partial charge in [0.05, 0.1) is 17.8 Å². The first-order chi connectivity index (χ1) is 15.1. The topological polar surface area (TPSA) is 54.5 Å². The Morgan fingerprint density at radius 2 is 1.78 bits per heavy atom. The number of anilines is 3. The Balaban J connectivity index is 1.94. The lowest BCUT2D eigenvalue weighted by Crippen LogP contribution is -2.27. The summed E-state index contributed by atoms with van der Waals surface area (Å²) >= 11 is 6.44. The Morgan fingerprint density at radius 3 is 2.34 bits per heavy atom. The summed E-state index contributed by atoms with van der Waals surface area (Å²) in [5.74, 6) is 1.04. The predicted molar refractivity (Wildman–Crippen MR) is 133 cm³/mol. The van der Waals surface area contributed by atoms with Gasteiger partial charge in [-0.3, -0.25) is 4.79 Å². The van der Waals surface area contributed by atoms with Crippen molar-refractivity contribution in [2.75, 3.05) is 17.3 Å². The Hall–Kier alpha value is -3.05. The van der Waals surface area contributed by atoms with E-state index >= 15 is 0 Å². The summed E-state index contributed by atoms with van der Waals surface area (Å²) in [6.07, 6.45) is 1.70. The quantitative estimate of drug-likeness (QED) is 0.445. The van der Waals surface area contributed by atoms with E-state index in [-0.39, 0.29) is 17.4 Å². The molecule has 0 atom stereocenters. The van der Waals surface area contributed by atoms with Crippen LogP contribution < -0.4 is 15.0 Å². The molecule has 2 aromatic carbocycles. The van der Waals surface area contributed by atoms with E-state index in [0.29, 0.717) is 22.2 Å². The maximum Gasteiger partial charge on any atom is 0.255 e. The number of benzene rings is 2. The van der Waals surface area contributed by atoms with Crippen LogP contribution in [0.2, 0.25) is 5.02 Å². The molecule has 0 saturated carbocycles. The van der Waals surface area contributed by atoms with Gasteiger partial charge in [-0.1, -0.05) is 44.5 Å². The molecule has 32 heavy (non-hydrogen) atoms. The Morgan fingerprint density at radius 1 is 1.09 bits per heavy atom. The number of hydrogen-bond donors (Lipinski definition) is 1. The molecule has 5 nitrogen and oxygen atoms in total. The first-order valence-electron chi connectivity index (χ1n) is 10.6. The van der Waals surface area contributed by atoms with Crippen LogP contribution in [-0.4, -0.2) is 24.0 Å². The van der Waals surface area contributed by atoms with Crippen LogP contribution in [0.25, 0.3) is 0 Å². The highest BCUT2D eigenvalue weighted by atomic mass is 35.5. The number of rotatable bonds is 6. The number of methoxy groups -OCH3 is 1. The van der Waals surface area contributed by atoms with Crippen LogP contribution in [0.1, 0.15) is 50.5 Å². The van der Waals surface area contributed by atoms with Crippen LogP contribution in [0.3, 0.4) is 0 Å². The molecule has 3 rings (SSSR count). The highest BCUT2D eigenvalue weighted by molar-refractivity contribution is 6.33. The zero-order valence-corrected chi connectivity index (χ0v) is 20.2. The third-order valence-corrected chi connectivity index (χ3v) is 5.49. The van der Waals surface area contributed by atoms with Crippen LogP contribution in [-0.2, 0) is 5.41 Å². The predicted octanol–water partition coefficient (Wildman–Crippen LogP) is 6.84. The van der Waals surface area contributed by atoms with Gasteiger partial charge >= 0.3 is 0 Å². The number of pyridine rings is 1. The van der Waals surface area contributed by atoms with Crippen molar-refractivity contribution in [3.63, 3.8) is 0 Å². The number of ether oxygens (including phenoxy) is 1. The van der Waals surface area contributed by atoms with E-state index in [2.05, 4.69) is 31.1 Å². The maximum atomic E-state index is 13.0. The molecule has 1 aromatic heterocycles. The summed E-state index contributed by atoms with van der Waals surface area (Å²) < 4.78 is 5.59. The largest absolute Gasteiger partial charge is 0.495 e. The molecule has 0 aliphatic carbocycles. The molecule has 0 spiro atoms. The van der Waals surface area contributed by atoms with Crippen LogP contribution in [0, 0.1) is 0 Å². The van der Waals surface area contributed by atoms with Crippen LogP contribution in [0.4, 0.5) is 17.2 Å². The minimum atomic E-state index is -0.201. The third kappa shape index (κ3) is 5.22. The van der Waals surface area contributed by atoms with Gasteiger partial charge in [-0.25, -0.2) is 4.98 Å². The second kappa shape index (κ2) is 9.61.